The average molecular weight is 309 g/mol. The van der Waals surface area contributed by atoms with Crippen LogP contribution in [-0.4, -0.2) is 52.7 Å². The molecular formula is C15H23N3O4. The Morgan fingerprint density at radius 2 is 1.77 bits per heavy atom. The Hall–Kier alpha value is -1.92. The van der Waals surface area contributed by atoms with Crippen LogP contribution in [0.1, 0.15) is 46.0 Å². The summed E-state index contributed by atoms with van der Waals surface area (Å²) in [5.74, 6) is -1.75. The molecule has 2 atom stereocenters. The number of imide groups is 2. The lowest BCUT2D eigenvalue weighted by atomic mass is 9.86. The number of carbonyl (C=O) groups is 4. The first-order valence-corrected chi connectivity index (χ1v) is 7.92. The van der Waals surface area contributed by atoms with Crippen LogP contribution in [0.15, 0.2) is 0 Å². The van der Waals surface area contributed by atoms with Crippen molar-refractivity contribution in [3.8, 4) is 0 Å². The molecule has 0 unspecified atom stereocenters. The van der Waals surface area contributed by atoms with Gasteiger partial charge in [0.25, 0.3) is 0 Å². The first kappa shape index (κ1) is 16.5. The van der Waals surface area contributed by atoms with Gasteiger partial charge in [0.1, 0.15) is 6.54 Å². The van der Waals surface area contributed by atoms with Gasteiger partial charge < -0.3 is 5.32 Å². The van der Waals surface area contributed by atoms with Crippen molar-refractivity contribution in [1.82, 2.24) is 15.1 Å². The van der Waals surface area contributed by atoms with Crippen molar-refractivity contribution in [1.29, 1.82) is 0 Å². The first-order valence-electron chi connectivity index (χ1n) is 7.92. The molecule has 7 heteroatoms. The van der Waals surface area contributed by atoms with Gasteiger partial charge >= 0.3 is 17.8 Å². The lowest BCUT2D eigenvalue weighted by Crippen LogP contribution is -2.47. The molecule has 122 valence electrons. The van der Waals surface area contributed by atoms with Gasteiger partial charge in [-0.15, -0.1) is 0 Å². The van der Waals surface area contributed by atoms with Gasteiger partial charge in [-0.05, 0) is 25.2 Å². The fourth-order valence-corrected chi connectivity index (χ4v) is 3.04. The minimum atomic E-state index is -0.912. The summed E-state index contributed by atoms with van der Waals surface area (Å²) in [4.78, 5) is 49.3. The van der Waals surface area contributed by atoms with Crippen LogP contribution in [-0.2, 0) is 14.4 Å². The highest BCUT2D eigenvalue weighted by Crippen LogP contribution is 2.23. The van der Waals surface area contributed by atoms with E-state index in [0.717, 1.165) is 35.5 Å². The van der Waals surface area contributed by atoms with Gasteiger partial charge in [0.05, 0.1) is 0 Å². The van der Waals surface area contributed by atoms with E-state index in [1.54, 1.807) is 0 Å². The summed E-state index contributed by atoms with van der Waals surface area (Å²) in [5.41, 5.74) is 0. The molecule has 1 aliphatic heterocycles. The SMILES string of the molecule is CCCN1C(=O)C(=O)N(CC(=O)N[C@@H]2CCCC[C@H]2C)C1=O. The molecular weight excluding hydrogens is 286 g/mol. The normalized spacial score (nSPS) is 25.8. The molecule has 0 aromatic heterocycles. The van der Waals surface area contributed by atoms with Crippen LogP contribution in [0.25, 0.3) is 0 Å². The molecule has 0 radical (unpaired) electrons. The second kappa shape index (κ2) is 6.89. The summed E-state index contributed by atoms with van der Waals surface area (Å²) in [6.45, 7) is 3.71. The molecule has 0 bridgehead atoms. The maximum absolute atomic E-state index is 12.1. The molecule has 0 aromatic rings. The highest BCUT2D eigenvalue weighted by molar-refractivity contribution is 6.45. The highest BCUT2D eigenvalue weighted by atomic mass is 16.2. The van der Waals surface area contributed by atoms with Crippen molar-refractivity contribution in [2.24, 2.45) is 5.92 Å². The third kappa shape index (κ3) is 3.28. The number of urea groups is 1. The third-order valence-electron chi connectivity index (χ3n) is 4.34. The topological polar surface area (TPSA) is 86.8 Å². The second-order valence-electron chi connectivity index (χ2n) is 6.07. The first-order chi connectivity index (χ1) is 10.5. The number of hydrogen-bond donors (Lipinski definition) is 1. The molecule has 0 aromatic carbocycles. The van der Waals surface area contributed by atoms with Crippen molar-refractivity contribution >= 4 is 23.8 Å². The number of hydrogen-bond acceptors (Lipinski definition) is 4. The minimum absolute atomic E-state index is 0.0801. The van der Waals surface area contributed by atoms with Gasteiger partial charge in [-0.2, -0.15) is 0 Å². The average Bonchev–Trinajstić information content (AvgIpc) is 2.68. The predicted molar refractivity (Wildman–Crippen MR) is 78.7 cm³/mol. The van der Waals surface area contributed by atoms with Gasteiger partial charge in [-0.3, -0.25) is 19.3 Å². The number of nitrogens with zero attached hydrogens (tertiary/aromatic N) is 2. The Balaban J connectivity index is 1.94. The molecule has 7 nitrogen and oxygen atoms in total. The standard InChI is InChI=1S/C15H23N3O4/c1-3-8-17-13(20)14(21)18(15(17)22)9-12(19)16-11-7-5-4-6-10(11)2/h10-11H,3-9H2,1-2H3,(H,16,19)/t10-,11-/m1/s1. The van der Waals surface area contributed by atoms with E-state index in [1.165, 1.54) is 0 Å². The molecule has 2 rings (SSSR count). The van der Waals surface area contributed by atoms with Crippen LogP contribution in [0.2, 0.25) is 0 Å². The Labute approximate surface area is 130 Å². The lowest BCUT2D eigenvalue weighted by Gasteiger charge is -2.29. The van der Waals surface area contributed by atoms with E-state index in [0.29, 0.717) is 12.3 Å². The van der Waals surface area contributed by atoms with E-state index in [9.17, 15) is 19.2 Å². The van der Waals surface area contributed by atoms with Gasteiger partial charge in [0, 0.05) is 12.6 Å². The van der Waals surface area contributed by atoms with E-state index in [4.69, 9.17) is 0 Å². The summed E-state index contributed by atoms with van der Waals surface area (Å²) >= 11 is 0. The Morgan fingerprint density at radius 1 is 1.14 bits per heavy atom. The fourth-order valence-electron chi connectivity index (χ4n) is 3.04. The fraction of sp³-hybridized carbons (Fsp3) is 0.733. The third-order valence-corrected chi connectivity index (χ3v) is 4.34. The van der Waals surface area contributed by atoms with E-state index >= 15 is 0 Å². The molecule has 0 spiro atoms. The predicted octanol–water partition coefficient (Wildman–Crippen LogP) is 0.882. The maximum atomic E-state index is 12.1. The summed E-state index contributed by atoms with van der Waals surface area (Å²) < 4.78 is 0. The zero-order valence-corrected chi connectivity index (χ0v) is 13.1. The van der Waals surface area contributed by atoms with E-state index in [-0.39, 0.29) is 25.0 Å². The van der Waals surface area contributed by atoms with E-state index in [2.05, 4.69) is 12.2 Å². The monoisotopic (exact) mass is 309 g/mol. The van der Waals surface area contributed by atoms with Crippen molar-refractivity contribution in [2.75, 3.05) is 13.1 Å². The number of nitrogens with one attached hydrogen (secondary N) is 1. The van der Waals surface area contributed by atoms with E-state index in [1.807, 2.05) is 6.92 Å². The van der Waals surface area contributed by atoms with Crippen LogP contribution < -0.4 is 5.32 Å². The van der Waals surface area contributed by atoms with Gasteiger partial charge in [-0.25, -0.2) is 9.69 Å². The van der Waals surface area contributed by atoms with E-state index < -0.39 is 17.8 Å². The van der Waals surface area contributed by atoms with Crippen LogP contribution in [0, 0.1) is 5.92 Å². The van der Waals surface area contributed by atoms with Crippen LogP contribution in [0.3, 0.4) is 0 Å². The summed E-state index contributed by atoms with van der Waals surface area (Å²) in [6.07, 6.45) is 4.78. The molecule has 1 saturated heterocycles. The summed E-state index contributed by atoms with van der Waals surface area (Å²) in [7, 11) is 0. The van der Waals surface area contributed by atoms with Gasteiger partial charge in [-0.1, -0.05) is 26.7 Å². The summed E-state index contributed by atoms with van der Waals surface area (Å²) in [6, 6.07) is -0.611. The number of carbonyl (C=O) groups excluding carboxylic acids is 4. The molecule has 1 saturated carbocycles. The van der Waals surface area contributed by atoms with Gasteiger partial charge in [0.2, 0.25) is 5.91 Å². The second-order valence-corrected chi connectivity index (χ2v) is 6.07. The zero-order chi connectivity index (χ0) is 16.3. The molecule has 2 fully saturated rings. The Morgan fingerprint density at radius 3 is 2.41 bits per heavy atom. The van der Waals surface area contributed by atoms with Crippen molar-refractivity contribution in [3.05, 3.63) is 0 Å². The molecule has 1 N–H and O–H groups in total. The Kier molecular flexibility index (Phi) is 5.15. The molecule has 2 aliphatic rings. The smallest absolute Gasteiger partial charge is 0.334 e. The molecule has 22 heavy (non-hydrogen) atoms. The molecule has 5 amide bonds. The zero-order valence-electron chi connectivity index (χ0n) is 13.1. The minimum Gasteiger partial charge on any atom is -0.352 e. The van der Waals surface area contributed by atoms with Crippen LogP contribution in [0.4, 0.5) is 4.79 Å². The van der Waals surface area contributed by atoms with Gasteiger partial charge in [0.15, 0.2) is 0 Å². The van der Waals surface area contributed by atoms with Crippen LogP contribution in [0.5, 0.6) is 0 Å². The number of amides is 5. The van der Waals surface area contributed by atoms with Crippen LogP contribution >= 0.6 is 0 Å². The van der Waals surface area contributed by atoms with Crippen molar-refractivity contribution in [2.45, 2.75) is 52.0 Å². The van der Waals surface area contributed by atoms with Crippen molar-refractivity contribution < 1.29 is 19.2 Å². The quantitative estimate of drug-likeness (QED) is 0.603. The molecule has 1 aliphatic carbocycles. The number of rotatable bonds is 5. The molecule has 1 heterocycles. The highest BCUT2D eigenvalue weighted by Gasteiger charge is 2.44. The largest absolute Gasteiger partial charge is 0.352 e. The Bertz CT molecular complexity index is 491. The maximum Gasteiger partial charge on any atom is 0.334 e. The van der Waals surface area contributed by atoms with Crippen molar-refractivity contribution in [3.63, 3.8) is 0 Å². The summed E-state index contributed by atoms with van der Waals surface area (Å²) in [5, 5.41) is 2.88. The lowest BCUT2D eigenvalue weighted by molar-refractivity contribution is -0.144.